The van der Waals surface area contributed by atoms with E-state index in [1.807, 2.05) is 17.7 Å². The molecule has 4 nitrogen and oxygen atoms in total. The van der Waals surface area contributed by atoms with Gasteiger partial charge in [0.1, 0.15) is 5.52 Å². The van der Waals surface area contributed by atoms with E-state index in [0.717, 1.165) is 22.8 Å². The lowest BCUT2D eigenvalue weighted by Gasteiger charge is -2.19. The van der Waals surface area contributed by atoms with E-state index in [9.17, 15) is 0 Å². The van der Waals surface area contributed by atoms with Gasteiger partial charge in [-0.3, -0.25) is 0 Å². The number of nitrogens with two attached hydrogens (primary N) is 1. The van der Waals surface area contributed by atoms with E-state index in [1.54, 1.807) is 6.33 Å². The summed E-state index contributed by atoms with van der Waals surface area (Å²) >= 11 is 6.25. The summed E-state index contributed by atoms with van der Waals surface area (Å²) in [7, 11) is 1.91. The Morgan fingerprint density at radius 3 is 2.89 bits per heavy atom. The van der Waals surface area contributed by atoms with Crippen LogP contribution in [0, 0.1) is 11.8 Å². The molecule has 1 saturated carbocycles. The smallest absolute Gasteiger partial charge is 0.161 e. The van der Waals surface area contributed by atoms with Crippen LogP contribution in [0.15, 0.2) is 12.4 Å². The van der Waals surface area contributed by atoms with Crippen LogP contribution >= 0.6 is 11.6 Å². The second-order valence-electron chi connectivity index (χ2n) is 5.28. The third-order valence-corrected chi connectivity index (χ3v) is 4.20. The number of imidazole rings is 1. The molecule has 0 spiro atoms. The van der Waals surface area contributed by atoms with Crippen molar-refractivity contribution in [3.8, 4) is 0 Å². The molecule has 2 aromatic heterocycles. The van der Waals surface area contributed by atoms with Crippen molar-refractivity contribution >= 4 is 22.8 Å². The summed E-state index contributed by atoms with van der Waals surface area (Å²) in [4.78, 5) is 8.86. The van der Waals surface area contributed by atoms with Crippen LogP contribution in [-0.4, -0.2) is 14.5 Å². The highest BCUT2D eigenvalue weighted by Crippen LogP contribution is 2.41. The maximum atomic E-state index is 6.31. The summed E-state index contributed by atoms with van der Waals surface area (Å²) in [6.45, 7) is 2.20. The zero-order chi connectivity index (χ0) is 12.9. The topological polar surface area (TPSA) is 56.7 Å². The Kier molecular flexibility index (Phi) is 2.79. The third kappa shape index (κ3) is 1.89. The fraction of sp³-hybridized carbons (Fsp3) is 0.538. The van der Waals surface area contributed by atoms with Crippen LogP contribution in [0.2, 0.25) is 5.02 Å². The van der Waals surface area contributed by atoms with Crippen molar-refractivity contribution in [2.75, 3.05) is 0 Å². The Balaban J connectivity index is 2.03. The van der Waals surface area contributed by atoms with Gasteiger partial charge in [0.15, 0.2) is 5.65 Å². The van der Waals surface area contributed by atoms with Gasteiger partial charge in [-0.15, -0.1) is 0 Å². The van der Waals surface area contributed by atoms with Crippen molar-refractivity contribution in [3.05, 3.63) is 23.1 Å². The number of pyridine rings is 1. The van der Waals surface area contributed by atoms with Gasteiger partial charge in [-0.2, -0.15) is 0 Å². The van der Waals surface area contributed by atoms with Crippen molar-refractivity contribution in [1.82, 2.24) is 14.5 Å². The van der Waals surface area contributed by atoms with Crippen molar-refractivity contribution in [2.45, 2.75) is 25.8 Å². The number of hydrogen-bond donors (Lipinski definition) is 1. The highest BCUT2D eigenvalue weighted by atomic mass is 35.5. The Hall–Kier alpha value is -1.13. The molecule has 1 aliphatic carbocycles. The molecule has 0 bridgehead atoms. The minimum Gasteiger partial charge on any atom is -0.322 e. The molecule has 5 heteroatoms. The number of rotatable bonds is 3. The maximum absolute atomic E-state index is 6.31. The number of aryl methyl sites for hydroxylation is 1. The first-order chi connectivity index (χ1) is 8.58. The average Bonchev–Trinajstić information content (AvgIpc) is 3.13. The molecule has 18 heavy (non-hydrogen) atoms. The molecule has 2 atom stereocenters. The van der Waals surface area contributed by atoms with Gasteiger partial charge < -0.3 is 10.3 Å². The van der Waals surface area contributed by atoms with E-state index in [0.29, 0.717) is 10.9 Å². The van der Waals surface area contributed by atoms with Crippen molar-refractivity contribution < 1.29 is 0 Å². The minimum atomic E-state index is -0.0469. The van der Waals surface area contributed by atoms with Crippen LogP contribution in [0.3, 0.4) is 0 Å². The van der Waals surface area contributed by atoms with Gasteiger partial charge in [-0.25, -0.2) is 9.97 Å². The Labute approximate surface area is 111 Å². The molecule has 0 amide bonds. The van der Waals surface area contributed by atoms with Crippen molar-refractivity contribution in [3.63, 3.8) is 0 Å². The molecule has 0 aliphatic heterocycles. The standard InChI is InChI=1S/C13H17ClN4/c1-7(8-3-4-8)11(15)10-5-9(14)12-13(17-10)18(2)6-16-12/h5-8,11H,3-4,15H2,1-2H3/t7-,11?/m1/s1. The quantitative estimate of drug-likeness (QED) is 0.927. The minimum absolute atomic E-state index is 0.0469. The zero-order valence-corrected chi connectivity index (χ0v) is 11.4. The Bertz CT molecular complexity index is 588. The van der Waals surface area contributed by atoms with Gasteiger partial charge in [0.2, 0.25) is 0 Å². The maximum Gasteiger partial charge on any atom is 0.161 e. The monoisotopic (exact) mass is 264 g/mol. The molecule has 3 rings (SSSR count). The summed E-state index contributed by atoms with van der Waals surface area (Å²) < 4.78 is 1.87. The molecule has 2 heterocycles. The fourth-order valence-corrected chi connectivity index (χ4v) is 2.68. The highest BCUT2D eigenvalue weighted by molar-refractivity contribution is 6.34. The fourth-order valence-electron chi connectivity index (χ4n) is 2.43. The molecule has 2 N–H and O–H groups in total. The van der Waals surface area contributed by atoms with Crippen molar-refractivity contribution in [1.29, 1.82) is 0 Å². The molecule has 0 aromatic carbocycles. The largest absolute Gasteiger partial charge is 0.322 e. The van der Waals surface area contributed by atoms with E-state index in [1.165, 1.54) is 12.8 Å². The Morgan fingerprint density at radius 1 is 1.50 bits per heavy atom. The SMILES string of the molecule is C[C@H](C1CC1)C(N)c1cc(Cl)c2ncn(C)c2n1. The molecule has 0 saturated heterocycles. The Morgan fingerprint density at radius 2 is 2.22 bits per heavy atom. The van der Waals surface area contributed by atoms with Crippen LogP contribution < -0.4 is 5.73 Å². The van der Waals surface area contributed by atoms with Gasteiger partial charge in [-0.05, 0) is 30.7 Å². The molecule has 1 unspecified atom stereocenters. The first-order valence-corrected chi connectivity index (χ1v) is 6.68. The van der Waals surface area contributed by atoms with Gasteiger partial charge in [0.25, 0.3) is 0 Å². The van der Waals surface area contributed by atoms with Gasteiger partial charge >= 0.3 is 0 Å². The van der Waals surface area contributed by atoms with Crippen LogP contribution in [0.25, 0.3) is 11.2 Å². The number of nitrogens with zero attached hydrogens (tertiary/aromatic N) is 3. The lowest BCUT2D eigenvalue weighted by Crippen LogP contribution is -2.22. The van der Waals surface area contributed by atoms with E-state index >= 15 is 0 Å². The molecular formula is C13H17ClN4. The van der Waals surface area contributed by atoms with Crippen LogP contribution in [0.5, 0.6) is 0 Å². The second-order valence-corrected chi connectivity index (χ2v) is 5.69. The summed E-state index contributed by atoms with van der Waals surface area (Å²) in [6.07, 6.45) is 4.30. The molecular weight excluding hydrogens is 248 g/mol. The van der Waals surface area contributed by atoms with Crippen LogP contribution in [0.4, 0.5) is 0 Å². The molecule has 0 radical (unpaired) electrons. The summed E-state index contributed by atoms with van der Waals surface area (Å²) in [5.74, 6) is 1.21. The molecule has 2 aromatic rings. The first kappa shape index (κ1) is 11.9. The van der Waals surface area contributed by atoms with Gasteiger partial charge in [-0.1, -0.05) is 18.5 Å². The van der Waals surface area contributed by atoms with E-state index in [2.05, 4.69) is 16.9 Å². The first-order valence-electron chi connectivity index (χ1n) is 6.31. The predicted octanol–water partition coefficient (Wildman–Crippen LogP) is 2.67. The average molecular weight is 265 g/mol. The van der Waals surface area contributed by atoms with Crippen LogP contribution in [-0.2, 0) is 7.05 Å². The predicted molar refractivity (Wildman–Crippen MR) is 72.3 cm³/mol. The van der Waals surface area contributed by atoms with E-state index in [-0.39, 0.29) is 6.04 Å². The number of fused-ring (bicyclic) bond motifs is 1. The van der Waals surface area contributed by atoms with E-state index < -0.39 is 0 Å². The zero-order valence-electron chi connectivity index (χ0n) is 10.6. The second kappa shape index (κ2) is 4.21. The lowest BCUT2D eigenvalue weighted by molar-refractivity contribution is 0.411. The normalized spacial score (nSPS) is 19.1. The number of aromatic nitrogens is 3. The molecule has 1 aliphatic rings. The molecule has 1 fully saturated rings. The van der Waals surface area contributed by atoms with Crippen LogP contribution in [0.1, 0.15) is 31.5 Å². The third-order valence-electron chi connectivity index (χ3n) is 3.92. The summed E-state index contributed by atoms with van der Waals surface area (Å²) in [5, 5.41) is 0.633. The van der Waals surface area contributed by atoms with Crippen molar-refractivity contribution in [2.24, 2.45) is 24.6 Å². The number of halogens is 1. The molecule has 96 valence electrons. The summed E-state index contributed by atoms with van der Waals surface area (Å²) in [5.41, 5.74) is 8.72. The number of hydrogen-bond acceptors (Lipinski definition) is 3. The van der Waals surface area contributed by atoms with Gasteiger partial charge in [0, 0.05) is 13.1 Å². The van der Waals surface area contributed by atoms with E-state index in [4.69, 9.17) is 17.3 Å². The summed E-state index contributed by atoms with van der Waals surface area (Å²) in [6, 6.07) is 1.81. The highest BCUT2D eigenvalue weighted by Gasteiger charge is 2.33. The van der Waals surface area contributed by atoms with Gasteiger partial charge in [0.05, 0.1) is 17.0 Å². The lowest BCUT2D eigenvalue weighted by atomic mass is 9.94.